The van der Waals surface area contributed by atoms with Gasteiger partial charge in [0.1, 0.15) is 0 Å². The molecule has 0 aliphatic carbocycles. The fraction of sp³-hybridized carbons (Fsp3) is 0.231. The summed E-state index contributed by atoms with van der Waals surface area (Å²) in [6.45, 7) is 1.95. The molecule has 3 heteroatoms. The van der Waals surface area contributed by atoms with E-state index in [4.69, 9.17) is 11.6 Å². The Hall–Kier alpha value is -2.39. The molecule has 1 N–H and O–H groups in total. The molecule has 0 amide bonds. The Balaban J connectivity index is 1.43. The number of halogens is 1. The van der Waals surface area contributed by atoms with E-state index >= 15 is 0 Å². The second-order valence-electron chi connectivity index (χ2n) is 7.58. The van der Waals surface area contributed by atoms with Gasteiger partial charge in [0.2, 0.25) is 0 Å². The monoisotopic (exact) mass is 403 g/mol. The summed E-state index contributed by atoms with van der Waals surface area (Å²) in [5.41, 5.74) is 6.38. The standard InChI is InChI=1S/C26H26ClNO/c27-25-12-8-21(9-13-25)18-20-6-10-24(11-7-20)26(19-29)28-16-14-23(15-17-28)22-4-2-1-3-5-22/h1-14,26,29H,15-19H2. The molecule has 4 rings (SSSR count). The van der Waals surface area contributed by atoms with Crippen molar-refractivity contribution in [2.45, 2.75) is 18.9 Å². The molecule has 0 aromatic heterocycles. The molecule has 0 saturated carbocycles. The number of hydrogen-bond donors (Lipinski definition) is 1. The largest absolute Gasteiger partial charge is 0.394 e. The minimum absolute atomic E-state index is 0.0353. The number of benzene rings is 3. The van der Waals surface area contributed by atoms with Gasteiger partial charge < -0.3 is 5.11 Å². The lowest BCUT2D eigenvalue weighted by Crippen LogP contribution is -2.34. The number of hydrogen-bond acceptors (Lipinski definition) is 2. The minimum Gasteiger partial charge on any atom is -0.394 e. The third-order valence-electron chi connectivity index (χ3n) is 5.68. The van der Waals surface area contributed by atoms with E-state index in [1.165, 1.54) is 27.8 Å². The van der Waals surface area contributed by atoms with Crippen LogP contribution < -0.4 is 0 Å². The molecular formula is C26H26ClNO. The molecule has 1 unspecified atom stereocenters. The van der Waals surface area contributed by atoms with Crippen LogP contribution in [0.2, 0.25) is 5.02 Å². The van der Waals surface area contributed by atoms with Gasteiger partial charge in [0.15, 0.2) is 0 Å². The molecule has 1 aliphatic rings. The molecule has 148 valence electrons. The summed E-state index contributed by atoms with van der Waals surface area (Å²) in [5.74, 6) is 0. The van der Waals surface area contributed by atoms with E-state index in [2.05, 4.69) is 77.7 Å². The van der Waals surface area contributed by atoms with Crippen LogP contribution in [0.1, 0.15) is 34.7 Å². The van der Waals surface area contributed by atoms with Gasteiger partial charge in [-0.2, -0.15) is 0 Å². The molecule has 1 aliphatic heterocycles. The summed E-state index contributed by atoms with van der Waals surface area (Å²) in [7, 11) is 0. The highest BCUT2D eigenvalue weighted by molar-refractivity contribution is 6.30. The Bertz CT molecular complexity index is 948. The maximum absolute atomic E-state index is 10.1. The molecule has 3 aromatic carbocycles. The molecule has 1 heterocycles. The van der Waals surface area contributed by atoms with E-state index in [-0.39, 0.29) is 12.6 Å². The van der Waals surface area contributed by atoms with E-state index in [1.807, 2.05) is 12.1 Å². The van der Waals surface area contributed by atoms with Crippen LogP contribution in [0.4, 0.5) is 0 Å². The van der Waals surface area contributed by atoms with Crippen molar-refractivity contribution < 1.29 is 5.11 Å². The Morgan fingerprint density at radius 2 is 1.52 bits per heavy atom. The highest BCUT2D eigenvalue weighted by atomic mass is 35.5. The van der Waals surface area contributed by atoms with Gasteiger partial charge in [0.05, 0.1) is 12.6 Å². The number of aliphatic hydroxyl groups is 1. The lowest BCUT2D eigenvalue weighted by atomic mass is 9.96. The molecular weight excluding hydrogens is 378 g/mol. The van der Waals surface area contributed by atoms with Crippen molar-refractivity contribution in [1.82, 2.24) is 4.90 Å². The fourth-order valence-corrected chi connectivity index (χ4v) is 4.14. The second kappa shape index (κ2) is 9.41. The van der Waals surface area contributed by atoms with Crippen molar-refractivity contribution in [2.75, 3.05) is 19.7 Å². The minimum atomic E-state index is 0.0353. The Morgan fingerprint density at radius 3 is 2.10 bits per heavy atom. The molecule has 0 radical (unpaired) electrons. The van der Waals surface area contributed by atoms with Gasteiger partial charge in [0, 0.05) is 18.1 Å². The summed E-state index contributed by atoms with van der Waals surface area (Å²) in [6.07, 6.45) is 4.19. The Kier molecular flexibility index (Phi) is 6.46. The van der Waals surface area contributed by atoms with E-state index in [0.717, 1.165) is 31.0 Å². The van der Waals surface area contributed by atoms with Crippen molar-refractivity contribution in [1.29, 1.82) is 0 Å². The molecule has 3 aromatic rings. The first-order chi connectivity index (χ1) is 14.2. The van der Waals surface area contributed by atoms with Crippen LogP contribution in [-0.2, 0) is 6.42 Å². The number of rotatable bonds is 6. The second-order valence-corrected chi connectivity index (χ2v) is 8.02. The molecule has 0 fully saturated rings. The normalized spacial score (nSPS) is 15.7. The fourth-order valence-electron chi connectivity index (χ4n) is 4.01. The van der Waals surface area contributed by atoms with Crippen molar-refractivity contribution in [2.24, 2.45) is 0 Å². The number of nitrogens with zero attached hydrogens (tertiary/aromatic N) is 1. The van der Waals surface area contributed by atoms with E-state index in [9.17, 15) is 5.11 Å². The van der Waals surface area contributed by atoms with Crippen molar-refractivity contribution >= 4 is 17.2 Å². The maximum Gasteiger partial charge on any atom is 0.0628 e. The van der Waals surface area contributed by atoms with Crippen LogP contribution in [-0.4, -0.2) is 29.7 Å². The zero-order chi connectivity index (χ0) is 20.1. The van der Waals surface area contributed by atoms with Crippen LogP contribution in [0.5, 0.6) is 0 Å². The van der Waals surface area contributed by atoms with Gasteiger partial charge >= 0.3 is 0 Å². The van der Waals surface area contributed by atoms with Gasteiger partial charge in [-0.3, -0.25) is 4.90 Å². The Morgan fingerprint density at radius 1 is 0.862 bits per heavy atom. The number of aliphatic hydroxyl groups excluding tert-OH is 1. The summed E-state index contributed by atoms with van der Waals surface area (Å²) >= 11 is 5.97. The van der Waals surface area contributed by atoms with E-state index in [0.29, 0.717) is 0 Å². The van der Waals surface area contributed by atoms with Gasteiger partial charge in [-0.1, -0.05) is 84.4 Å². The van der Waals surface area contributed by atoms with Gasteiger partial charge in [-0.15, -0.1) is 0 Å². The summed E-state index contributed by atoms with van der Waals surface area (Å²) in [5, 5.41) is 10.8. The van der Waals surface area contributed by atoms with Crippen LogP contribution in [0, 0.1) is 0 Å². The highest BCUT2D eigenvalue weighted by Gasteiger charge is 2.22. The summed E-state index contributed by atoms with van der Waals surface area (Å²) in [4.78, 5) is 2.36. The topological polar surface area (TPSA) is 23.5 Å². The maximum atomic E-state index is 10.1. The summed E-state index contributed by atoms with van der Waals surface area (Å²) in [6, 6.07) is 27.2. The smallest absolute Gasteiger partial charge is 0.0628 e. The van der Waals surface area contributed by atoms with Crippen molar-refractivity contribution in [3.8, 4) is 0 Å². The predicted octanol–water partition coefficient (Wildman–Crippen LogP) is 5.75. The SMILES string of the molecule is OCC(c1ccc(Cc2ccc(Cl)cc2)cc1)N1CC=C(c2ccccc2)CC1. The molecule has 0 bridgehead atoms. The van der Waals surface area contributed by atoms with E-state index in [1.54, 1.807) is 0 Å². The third-order valence-corrected chi connectivity index (χ3v) is 5.94. The zero-order valence-corrected chi connectivity index (χ0v) is 17.2. The average molecular weight is 404 g/mol. The molecule has 29 heavy (non-hydrogen) atoms. The van der Waals surface area contributed by atoms with Crippen molar-refractivity contribution in [3.63, 3.8) is 0 Å². The molecule has 0 saturated heterocycles. The first-order valence-corrected chi connectivity index (χ1v) is 10.5. The van der Waals surface area contributed by atoms with E-state index < -0.39 is 0 Å². The van der Waals surface area contributed by atoms with Crippen molar-refractivity contribution in [3.05, 3.63) is 112 Å². The molecule has 2 nitrogen and oxygen atoms in total. The first kappa shape index (κ1) is 19.9. The van der Waals surface area contributed by atoms with Crippen LogP contribution in [0.3, 0.4) is 0 Å². The van der Waals surface area contributed by atoms with Gasteiger partial charge in [0.25, 0.3) is 0 Å². The summed E-state index contributed by atoms with van der Waals surface area (Å²) < 4.78 is 0. The zero-order valence-electron chi connectivity index (χ0n) is 16.5. The first-order valence-electron chi connectivity index (χ1n) is 10.2. The quantitative estimate of drug-likeness (QED) is 0.566. The van der Waals surface area contributed by atoms with Crippen LogP contribution in [0.25, 0.3) is 5.57 Å². The van der Waals surface area contributed by atoms with Crippen LogP contribution >= 0.6 is 11.6 Å². The van der Waals surface area contributed by atoms with Crippen LogP contribution in [0.15, 0.2) is 84.9 Å². The van der Waals surface area contributed by atoms with Gasteiger partial charge in [-0.25, -0.2) is 0 Å². The predicted molar refractivity (Wildman–Crippen MR) is 121 cm³/mol. The lowest BCUT2D eigenvalue weighted by molar-refractivity contribution is 0.134. The van der Waals surface area contributed by atoms with Gasteiger partial charge in [-0.05, 0) is 52.8 Å². The third kappa shape index (κ3) is 4.97. The molecule has 1 atom stereocenters. The lowest BCUT2D eigenvalue weighted by Gasteiger charge is -2.33. The highest BCUT2D eigenvalue weighted by Crippen LogP contribution is 2.28. The molecule has 0 spiro atoms. The average Bonchev–Trinajstić information content (AvgIpc) is 2.78. The Labute approximate surface area is 178 Å².